The highest BCUT2D eigenvalue weighted by atomic mass is 16.5. The molecule has 4 heteroatoms. The van der Waals surface area contributed by atoms with Crippen molar-refractivity contribution in [1.29, 1.82) is 0 Å². The van der Waals surface area contributed by atoms with E-state index in [9.17, 15) is 4.79 Å². The molecule has 2 aliphatic heterocycles. The van der Waals surface area contributed by atoms with Crippen LogP contribution in [-0.2, 0) is 17.7 Å². The van der Waals surface area contributed by atoms with Crippen molar-refractivity contribution in [1.82, 2.24) is 10.2 Å². The molecule has 19 heavy (non-hydrogen) atoms. The van der Waals surface area contributed by atoms with Crippen LogP contribution in [0, 0.1) is 0 Å². The third kappa shape index (κ3) is 2.89. The number of benzene rings is 1. The molecule has 2 heterocycles. The van der Waals surface area contributed by atoms with Gasteiger partial charge in [0.2, 0.25) is 0 Å². The van der Waals surface area contributed by atoms with Crippen molar-refractivity contribution in [2.75, 3.05) is 19.7 Å². The normalized spacial score (nSPS) is 22.1. The Balaban J connectivity index is 1.54. The summed E-state index contributed by atoms with van der Waals surface area (Å²) >= 11 is 0. The highest BCUT2D eigenvalue weighted by molar-refractivity contribution is 5.74. The Bertz CT molecular complexity index is 455. The number of urea groups is 1. The summed E-state index contributed by atoms with van der Waals surface area (Å²) in [4.78, 5) is 14.0. The van der Waals surface area contributed by atoms with Crippen LogP contribution < -0.4 is 5.32 Å². The maximum atomic E-state index is 12.1. The van der Waals surface area contributed by atoms with Crippen LogP contribution in [0.1, 0.15) is 24.0 Å². The van der Waals surface area contributed by atoms with Crippen molar-refractivity contribution in [3.63, 3.8) is 0 Å². The quantitative estimate of drug-likeness (QED) is 0.883. The lowest BCUT2D eigenvalue weighted by molar-refractivity contribution is 0.108. The zero-order valence-electron chi connectivity index (χ0n) is 11.1. The summed E-state index contributed by atoms with van der Waals surface area (Å²) in [5, 5.41) is 2.99. The van der Waals surface area contributed by atoms with Crippen molar-refractivity contribution in [2.45, 2.75) is 31.9 Å². The highest BCUT2D eigenvalue weighted by Gasteiger charge is 2.22. The second-order valence-corrected chi connectivity index (χ2v) is 5.26. The van der Waals surface area contributed by atoms with Gasteiger partial charge in [0.15, 0.2) is 0 Å². The third-order valence-electron chi connectivity index (χ3n) is 3.92. The number of nitrogens with zero attached hydrogens (tertiary/aromatic N) is 1. The van der Waals surface area contributed by atoms with Crippen LogP contribution >= 0.6 is 0 Å². The Kier molecular flexibility index (Phi) is 3.69. The predicted molar refractivity (Wildman–Crippen MR) is 72.9 cm³/mol. The summed E-state index contributed by atoms with van der Waals surface area (Å²) in [5.74, 6) is 0. The molecule has 3 rings (SSSR count). The average molecular weight is 260 g/mol. The Morgan fingerprint density at radius 1 is 1.37 bits per heavy atom. The molecule has 2 amide bonds. The van der Waals surface area contributed by atoms with Gasteiger partial charge >= 0.3 is 6.03 Å². The van der Waals surface area contributed by atoms with Crippen LogP contribution in [0.4, 0.5) is 4.79 Å². The number of amides is 2. The van der Waals surface area contributed by atoms with Crippen LogP contribution in [0.5, 0.6) is 0 Å². The van der Waals surface area contributed by atoms with Gasteiger partial charge in [-0.15, -0.1) is 0 Å². The maximum Gasteiger partial charge on any atom is 0.317 e. The molecule has 0 aliphatic carbocycles. The summed E-state index contributed by atoms with van der Waals surface area (Å²) in [6, 6.07) is 8.38. The molecule has 1 aromatic carbocycles. The number of fused-ring (bicyclic) bond motifs is 1. The Labute approximate surface area is 113 Å². The fourth-order valence-electron chi connectivity index (χ4n) is 2.79. The van der Waals surface area contributed by atoms with E-state index in [-0.39, 0.29) is 12.1 Å². The van der Waals surface area contributed by atoms with E-state index in [0.29, 0.717) is 13.1 Å². The molecule has 1 N–H and O–H groups in total. The van der Waals surface area contributed by atoms with Gasteiger partial charge < -0.3 is 15.0 Å². The van der Waals surface area contributed by atoms with Gasteiger partial charge in [0, 0.05) is 26.2 Å². The Morgan fingerprint density at radius 3 is 3.00 bits per heavy atom. The topological polar surface area (TPSA) is 41.6 Å². The molecule has 0 aromatic heterocycles. The lowest BCUT2D eigenvalue weighted by Crippen LogP contribution is -2.44. The largest absolute Gasteiger partial charge is 0.376 e. The van der Waals surface area contributed by atoms with Gasteiger partial charge in [0.25, 0.3) is 0 Å². The molecular formula is C15H20N2O2. The molecule has 0 radical (unpaired) electrons. The average Bonchev–Trinajstić information content (AvgIpc) is 2.97. The smallest absolute Gasteiger partial charge is 0.317 e. The van der Waals surface area contributed by atoms with E-state index in [1.54, 1.807) is 0 Å². The molecule has 0 spiro atoms. The third-order valence-corrected chi connectivity index (χ3v) is 3.92. The number of hydrogen-bond donors (Lipinski definition) is 1. The molecule has 1 saturated heterocycles. The number of rotatable bonds is 2. The van der Waals surface area contributed by atoms with Crippen LogP contribution in [0.2, 0.25) is 0 Å². The molecule has 1 unspecified atom stereocenters. The van der Waals surface area contributed by atoms with Crippen LogP contribution in [-0.4, -0.2) is 36.7 Å². The van der Waals surface area contributed by atoms with Crippen molar-refractivity contribution in [3.8, 4) is 0 Å². The second-order valence-electron chi connectivity index (χ2n) is 5.26. The molecule has 4 nitrogen and oxygen atoms in total. The highest BCUT2D eigenvalue weighted by Crippen LogP contribution is 2.18. The summed E-state index contributed by atoms with van der Waals surface area (Å²) in [5.41, 5.74) is 2.63. The minimum absolute atomic E-state index is 0.0324. The van der Waals surface area contributed by atoms with Crippen LogP contribution in [0.25, 0.3) is 0 Å². The number of hydrogen-bond acceptors (Lipinski definition) is 2. The predicted octanol–water partition coefficient (Wildman–Crippen LogP) is 1.93. The number of carbonyl (C=O) groups excluding carboxylic acids is 1. The van der Waals surface area contributed by atoms with Crippen LogP contribution in [0.3, 0.4) is 0 Å². The maximum absolute atomic E-state index is 12.1. The SMILES string of the molecule is O=C(NCC1CCCO1)N1CCc2ccccc2C1. The molecule has 102 valence electrons. The zero-order chi connectivity index (χ0) is 13.1. The van der Waals surface area contributed by atoms with E-state index < -0.39 is 0 Å². The zero-order valence-corrected chi connectivity index (χ0v) is 11.1. The van der Waals surface area contributed by atoms with E-state index in [1.807, 2.05) is 11.0 Å². The molecule has 1 fully saturated rings. The molecule has 1 aromatic rings. The molecule has 0 saturated carbocycles. The van der Waals surface area contributed by atoms with Crippen molar-refractivity contribution in [3.05, 3.63) is 35.4 Å². The van der Waals surface area contributed by atoms with Crippen molar-refractivity contribution in [2.24, 2.45) is 0 Å². The Morgan fingerprint density at radius 2 is 2.21 bits per heavy atom. The standard InChI is InChI=1S/C15H20N2O2/c18-15(16-10-14-6-3-9-19-14)17-8-7-12-4-1-2-5-13(12)11-17/h1-2,4-5,14H,3,6-11H2,(H,16,18). The van der Waals surface area contributed by atoms with Gasteiger partial charge in [-0.05, 0) is 30.4 Å². The van der Waals surface area contributed by atoms with E-state index in [0.717, 1.165) is 32.4 Å². The Hall–Kier alpha value is -1.55. The van der Waals surface area contributed by atoms with Gasteiger partial charge in [-0.3, -0.25) is 0 Å². The van der Waals surface area contributed by atoms with E-state index in [1.165, 1.54) is 11.1 Å². The molecule has 2 aliphatic rings. The first-order valence-corrected chi connectivity index (χ1v) is 7.04. The molecule has 0 bridgehead atoms. The van der Waals surface area contributed by atoms with Gasteiger partial charge in [0.05, 0.1) is 6.10 Å². The minimum Gasteiger partial charge on any atom is -0.376 e. The minimum atomic E-state index is 0.0324. The fourth-order valence-corrected chi connectivity index (χ4v) is 2.79. The summed E-state index contributed by atoms with van der Waals surface area (Å²) < 4.78 is 5.51. The summed E-state index contributed by atoms with van der Waals surface area (Å²) in [7, 11) is 0. The lowest BCUT2D eigenvalue weighted by Gasteiger charge is -2.29. The number of carbonyl (C=O) groups is 1. The van der Waals surface area contributed by atoms with E-state index in [2.05, 4.69) is 23.5 Å². The van der Waals surface area contributed by atoms with Crippen molar-refractivity contribution >= 4 is 6.03 Å². The first-order valence-electron chi connectivity index (χ1n) is 7.04. The number of nitrogens with one attached hydrogen (secondary N) is 1. The molecule has 1 atom stereocenters. The van der Waals surface area contributed by atoms with E-state index >= 15 is 0 Å². The summed E-state index contributed by atoms with van der Waals surface area (Å²) in [6.07, 6.45) is 3.32. The second kappa shape index (κ2) is 5.61. The van der Waals surface area contributed by atoms with Gasteiger partial charge in [-0.25, -0.2) is 4.79 Å². The van der Waals surface area contributed by atoms with E-state index in [4.69, 9.17) is 4.74 Å². The lowest BCUT2D eigenvalue weighted by atomic mass is 10.0. The fraction of sp³-hybridized carbons (Fsp3) is 0.533. The summed E-state index contributed by atoms with van der Waals surface area (Å²) in [6.45, 7) is 2.98. The number of ether oxygens (including phenoxy) is 1. The van der Waals surface area contributed by atoms with Gasteiger partial charge in [-0.1, -0.05) is 24.3 Å². The van der Waals surface area contributed by atoms with Crippen molar-refractivity contribution < 1.29 is 9.53 Å². The van der Waals surface area contributed by atoms with Gasteiger partial charge in [0.1, 0.15) is 0 Å². The van der Waals surface area contributed by atoms with Gasteiger partial charge in [-0.2, -0.15) is 0 Å². The first-order chi connectivity index (χ1) is 9.33. The molecular weight excluding hydrogens is 240 g/mol. The monoisotopic (exact) mass is 260 g/mol. The first kappa shape index (κ1) is 12.5. The van der Waals surface area contributed by atoms with Crippen LogP contribution in [0.15, 0.2) is 24.3 Å².